The number of carboxylic acid groups (broad SMARTS) is 1. The molecule has 0 aromatic carbocycles. The van der Waals surface area contributed by atoms with Crippen LogP contribution in [0.15, 0.2) is 6.20 Å². The number of hydrogen-bond donors (Lipinski definition) is 1. The van der Waals surface area contributed by atoms with E-state index in [1.807, 2.05) is 17.7 Å². The average Bonchev–Trinajstić information content (AvgIpc) is 2.65. The van der Waals surface area contributed by atoms with Crippen LogP contribution in [0.1, 0.15) is 57.6 Å². The third-order valence-electron chi connectivity index (χ3n) is 3.46. The Kier molecular flexibility index (Phi) is 5.38. The van der Waals surface area contributed by atoms with E-state index in [2.05, 4.69) is 18.4 Å². The van der Waals surface area contributed by atoms with E-state index in [1.54, 1.807) is 6.92 Å². The van der Waals surface area contributed by atoms with E-state index in [-0.39, 0.29) is 0 Å². The van der Waals surface area contributed by atoms with Gasteiger partial charge in [0.25, 0.3) is 5.82 Å². The van der Waals surface area contributed by atoms with Gasteiger partial charge in [-0.1, -0.05) is 19.8 Å². The van der Waals surface area contributed by atoms with E-state index < -0.39 is 12.0 Å². The van der Waals surface area contributed by atoms with Crippen molar-refractivity contribution >= 4 is 5.97 Å². The molecule has 0 aliphatic carbocycles. The molecular weight excluding hydrogens is 228 g/mol. The Morgan fingerprint density at radius 2 is 2.11 bits per heavy atom. The second kappa shape index (κ2) is 6.57. The molecule has 1 N–H and O–H groups in total. The average molecular weight is 253 g/mol. The Labute approximate surface area is 109 Å². The molecule has 0 amide bonds. The monoisotopic (exact) mass is 253 g/mol. The Bertz CT molecular complexity index is 410. The zero-order chi connectivity index (χ0) is 13.7. The van der Waals surface area contributed by atoms with Crippen LogP contribution in [-0.2, 0) is 17.8 Å². The van der Waals surface area contributed by atoms with Crippen molar-refractivity contribution in [2.75, 3.05) is 0 Å². The largest absolute Gasteiger partial charge is 0.478 e. The van der Waals surface area contributed by atoms with Gasteiger partial charge in [-0.3, -0.25) is 0 Å². The van der Waals surface area contributed by atoms with Crippen LogP contribution in [0.2, 0.25) is 0 Å². The van der Waals surface area contributed by atoms with E-state index in [4.69, 9.17) is 0 Å². The van der Waals surface area contributed by atoms with Crippen LogP contribution in [0.5, 0.6) is 0 Å². The highest BCUT2D eigenvalue weighted by Crippen LogP contribution is 2.10. The van der Waals surface area contributed by atoms with Crippen LogP contribution in [0.4, 0.5) is 0 Å². The SMILES string of the molecule is CCCCCc1n(CC)c(C)c[n+]1C(C)C(=O)O. The Hall–Kier alpha value is -1.32. The molecule has 0 aliphatic rings. The molecule has 1 atom stereocenters. The molecule has 0 bridgehead atoms. The van der Waals surface area contributed by atoms with Crippen LogP contribution in [-0.4, -0.2) is 15.6 Å². The van der Waals surface area contributed by atoms with Gasteiger partial charge in [0.15, 0.2) is 6.04 Å². The molecule has 0 radical (unpaired) electrons. The first kappa shape index (κ1) is 14.7. The summed E-state index contributed by atoms with van der Waals surface area (Å²) in [6.07, 6.45) is 6.40. The molecule has 4 nitrogen and oxygen atoms in total. The Balaban J connectivity index is 3.04. The summed E-state index contributed by atoms with van der Waals surface area (Å²) >= 11 is 0. The molecule has 1 heterocycles. The number of carboxylic acids is 1. The maximum absolute atomic E-state index is 11.2. The van der Waals surface area contributed by atoms with Gasteiger partial charge in [0, 0.05) is 13.3 Å². The van der Waals surface area contributed by atoms with E-state index >= 15 is 0 Å². The van der Waals surface area contributed by atoms with Gasteiger partial charge in [-0.15, -0.1) is 0 Å². The molecule has 4 heteroatoms. The lowest BCUT2D eigenvalue weighted by molar-refractivity contribution is -0.714. The van der Waals surface area contributed by atoms with Crippen LogP contribution in [0.25, 0.3) is 0 Å². The van der Waals surface area contributed by atoms with Gasteiger partial charge in [0.05, 0.1) is 6.54 Å². The molecule has 0 saturated carbocycles. The molecule has 1 unspecified atom stereocenters. The van der Waals surface area contributed by atoms with Crippen molar-refractivity contribution < 1.29 is 14.5 Å². The zero-order valence-electron chi connectivity index (χ0n) is 11.9. The van der Waals surface area contributed by atoms with Crippen molar-refractivity contribution in [3.05, 3.63) is 17.7 Å². The number of hydrogen-bond acceptors (Lipinski definition) is 1. The van der Waals surface area contributed by atoms with Crippen molar-refractivity contribution in [2.24, 2.45) is 0 Å². The maximum atomic E-state index is 11.2. The topological polar surface area (TPSA) is 46.1 Å². The van der Waals surface area contributed by atoms with Gasteiger partial charge in [0.2, 0.25) is 0 Å². The minimum absolute atomic E-state index is 0.492. The molecule has 18 heavy (non-hydrogen) atoms. The first-order valence-corrected chi connectivity index (χ1v) is 6.85. The molecule has 0 aliphatic heterocycles. The zero-order valence-corrected chi connectivity index (χ0v) is 11.9. The standard InChI is InChI=1S/C14H24N2O2/c1-5-7-8-9-13-15(6-2)11(3)10-16(13)12(4)14(17)18/h10,12H,5-9H2,1-4H3/p+1. The summed E-state index contributed by atoms with van der Waals surface area (Å²) in [5.41, 5.74) is 1.14. The molecule has 0 saturated heterocycles. The molecule has 0 fully saturated rings. The molecule has 1 rings (SSSR count). The van der Waals surface area contributed by atoms with Crippen molar-refractivity contribution in [3.8, 4) is 0 Å². The fraction of sp³-hybridized carbons (Fsp3) is 0.714. The number of unbranched alkanes of at least 4 members (excludes halogenated alkanes) is 2. The second-order valence-electron chi connectivity index (χ2n) is 4.81. The fourth-order valence-electron chi connectivity index (χ4n) is 2.37. The molecule has 1 aromatic rings. The van der Waals surface area contributed by atoms with Gasteiger partial charge in [-0.05, 0) is 20.3 Å². The molecule has 0 spiro atoms. The van der Waals surface area contributed by atoms with Crippen LogP contribution in [0, 0.1) is 6.92 Å². The first-order chi connectivity index (χ1) is 8.52. The number of carbonyl (C=O) groups is 1. The normalized spacial score (nSPS) is 12.7. The molecule has 1 aromatic heterocycles. The highest BCUT2D eigenvalue weighted by Gasteiger charge is 2.27. The van der Waals surface area contributed by atoms with E-state index in [1.165, 1.54) is 12.8 Å². The van der Waals surface area contributed by atoms with E-state index in [9.17, 15) is 9.90 Å². The molecule has 102 valence electrons. The smallest absolute Gasteiger partial charge is 0.349 e. The van der Waals surface area contributed by atoms with E-state index in [0.29, 0.717) is 0 Å². The van der Waals surface area contributed by atoms with Gasteiger partial charge in [0.1, 0.15) is 11.9 Å². The number of aliphatic carboxylic acids is 1. The lowest BCUT2D eigenvalue weighted by Gasteiger charge is -2.07. The number of nitrogens with zero attached hydrogens (tertiary/aromatic N) is 2. The summed E-state index contributed by atoms with van der Waals surface area (Å²) < 4.78 is 4.13. The fourth-order valence-corrected chi connectivity index (χ4v) is 2.37. The van der Waals surface area contributed by atoms with Crippen LogP contribution in [0.3, 0.4) is 0 Å². The number of aryl methyl sites for hydroxylation is 1. The lowest BCUT2D eigenvalue weighted by atomic mass is 10.2. The van der Waals surface area contributed by atoms with Crippen molar-refractivity contribution in [2.45, 2.75) is 66.0 Å². The van der Waals surface area contributed by atoms with Crippen LogP contribution < -0.4 is 4.57 Å². The van der Waals surface area contributed by atoms with E-state index in [0.717, 1.165) is 30.9 Å². The number of imidazole rings is 1. The van der Waals surface area contributed by atoms with Crippen molar-refractivity contribution in [3.63, 3.8) is 0 Å². The minimum atomic E-state index is -0.773. The number of rotatable bonds is 7. The Morgan fingerprint density at radius 3 is 2.61 bits per heavy atom. The predicted octanol–water partition coefficient (Wildman–Crippen LogP) is 2.48. The summed E-state index contributed by atoms with van der Waals surface area (Å²) in [7, 11) is 0. The summed E-state index contributed by atoms with van der Waals surface area (Å²) in [4.78, 5) is 11.2. The van der Waals surface area contributed by atoms with Crippen molar-refractivity contribution in [1.29, 1.82) is 0 Å². The third kappa shape index (κ3) is 3.12. The van der Waals surface area contributed by atoms with Gasteiger partial charge >= 0.3 is 5.97 Å². The second-order valence-corrected chi connectivity index (χ2v) is 4.81. The van der Waals surface area contributed by atoms with Crippen LogP contribution >= 0.6 is 0 Å². The lowest BCUT2D eigenvalue weighted by Crippen LogP contribution is -2.44. The highest BCUT2D eigenvalue weighted by atomic mass is 16.4. The summed E-state index contributed by atoms with van der Waals surface area (Å²) in [6.45, 7) is 8.96. The van der Waals surface area contributed by atoms with Gasteiger partial charge in [-0.2, -0.15) is 0 Å². The minimum Gasteiger partial charge on any atom is -0.478 e. The van der Waals surface area contributed by atoms with Gasteiger partial charge < -0.3 is 5.11 Å². The maximum Gasteiger partial charge on any atom is 0.349 e. The predicted molar refractivity (Wildman–Crippen MR) is 70.6 cm³/mol. The summed E-state index contributed by atoms with van der Waals surface area (Å²) in [5, 5.41) is 9.17. The number of aromatic nitrogens is 2. The first-order valence-electron chi connectivity index (χ1n) is 6.85. The van der Waals surface area contributed by atoms with Gasteiger partial charge in [-0.25, -0.2) is 13.9 Å². The quantitative estimate of drug-likeness (QED) is 0.599. The van der Waals surface area contributed by atoms with Crippen molar-refractivity contribution in [1.82, 2.24) is 4.57 Å². The molecular formula is C14H25N2O2+. The highest BCUT2D eigenvalue weighted by molar-refractivity contribution is 5.69. The summed E-state index contributed by atoms with van der Waals surface area (Å²) in [6, 6.07) is -0.492. The summed E-state index contributed by atoms with van der Waals surface area (Å²) in [5.74, 6) is 0.364. The third-order valence-corrected chi connectivity index (χ3v) is 3.46. The Morgan fingerprint density at radius 1 is 1.44 bits per heavy atom.